The lowest BCUT2D eigenvalue weighted by Crippen LogP contribution is -2.20. The summed E-state index contributed by atoms with van der Waals surface area (Å²) >= 11 is 0. The molecule has 5 atom stereocenters. The average Bonchev–Trinajstić information content (AvgIpc) is 2.71. The maximum Gasteiger partial charge on any atom is 0.309 e. The molecule has 0 N–H and O–H groups in total. The molecule has 1 saturated carbocycles. The highest BCUT2D eigenvalue weighted by molar-refractivity contribution is 5.75. The van der Waals surface area contributed by atoms with Crippen molar-refractivity contribution >= 4 is 5.97 Å². The van der Waals surface area contributed by atoms with Crippen LogP contribution in [0.4, 0.5) is 0 Å². The van der Waals surface area contributed by atoms with E-state index in [-0.39, 0.29) is 18.0 Å². The third kappa shape index (κ3) is 1.57. The zero-order valence-corrected chi connectivity index (χ0v) is 10.6. The molecule has 1 saturated heterocycles. The van der Waals surface area contributed by atoms with E-state index in [0.717, 1.165) is 19.3 Å². The zero-order valence-electron chi connectivity index (χ0n) is 10.6. The van der Waals surface area contributed by atoms with Gasteiger partial charge >= 0.3 is 5.97 Å². The summed E-state index contributed by atoms with van der Waals surface area (Å²) in [5.74, 6) is 1.67. The van der Waals surface area contributed by atoms with E-state index in [4.69, 9.17) is 4.74 Å². The summed E-state index contributed by atoms with van der Waals surface area (Å²) in [5, 5.41) is 0. The first-order chi connectivity index (χ1) is 8.08. The Labute approximate surface area is 103 Å². The highest BCUT2D eigenvalue weighted by atomic mass is 16.6. The van der Waals surface area contributed by atoms with Crippen LogP contribution in [0.2, 0.25) is 0 Å². The van der Waals surface area contributed by atoms with E-state index in [1.165, 1.54) is 11.1 Å². The first-order valence-electron chi connectivity index (χ1n) is 6.62. The van der Waals surface area contributed by atoms with Gasteiger partial charge in [-0.3, -0.25) is 4.79 Å². The van der Waals surface area contributed by atoms with Crippen LogP contribution in [0, 0.1) is 23.7 Å². The predicted molar refractivity (Wildman–Crippen MR) is 66.3 cm³/mol. The second-order valence-electron chi connectivity index (χ2n) is 5.92. The highest BCUT2D eigenvalue weighted by Gasteiger charge is 2.47. The van der Waals surface area contributed by atoms with E-state index in [1.807, 2.05) is 6.92 Å². The number of fused-ring (bicyclic) bond motifs is 2. The van der Waals surface area contributed by atoms with Crippen molar-refractivity contribution in [1.82, 2.24) is 0 Å². The Bertz CT molecular complexity index is 407. The lowest BCUT2D eigenvalue weighted by atomic mass is 9.80. The molecule has 0 radical (unpaired) electrons. The van der Waals surface area contributed by atoms with Crippen molar-refractivity contribution < 1.29 is 9.53 Å². The smallest absolute Gasteiger partial charge is 0.309 e. The molecule has 17 heavy (non-hydrogen) atoms. The summed E-state index contributed by atoms with van der Waals surface area (Å²) in [6, 6.07) is 0. The quantitative estimate of drug-likeness (QED) is 0.474. The minimum Gasteiger partial charge on any atom is -0.461 e. The molecule has 0 aromatic rings. The number of hydrogen-bond donors (Lipinski definition) is 0. The monoisotopic (exact) mass is 232 g/mol. The molecule has 1 aliphatic heterocycles. The van der Waals surface area contributed by atoms with E-state index in [0.29, 0.717) is 17.8 Å². The first-order valence-corrected chi connectivity index (χ1v) is 6.62. The van der Waals surface area contributed by atoms with Crippen LogP contribution < -0.4 is 0 Å². The molecule has 0 aromatic heterocycles. The van der Waals surface area contributed by atoms with E-state index in [1.54, 1.807) is 0 Å². The Morgan fingerprint density at radius 1 is 1.41 bits per heavy atom. The van der Waals surface area contributed by atoms with Crippen molar-refractivity contribution in [2.75, 3.05) is 0 Å². The zero-order chi connectivity index (χ0) is 12.2. The van der Waals surface area contributed by atoms with E-state index in [9.17, 15) is 4.79 Å². The van der Waals surface area contributed by atoms with Crippen LogP contribution >= 0.6 is 0 Å². The van der Waals surface area contributed by atoms with Crippen LogP contribution in [-0.2, 0) is 9.53 Å². The molecule has 5 unspecified atom stereocenters. The third-order valence-electron chi connectivity index (χ3n) is 5.04. The predicted octanol–water partition coefficient (Wildman–Crippen LogP) is 3.10. The van der Waals surface area contributed by atoms with Crippen LogP contribution in [0.15, 0.2) is 23.8 Å². The Hall–Kier alpha value is -1.05. The van der Waals surface area contributed by atoms with Gasteiger partial charge in [0.15, 0.2) is 0 Å². The van der Waals surface area contributed by atoms with Gasteiger partial charge in [-0.1, -0.05) is 30.7 Å². The molecule has 3 rings (SSSR count). The van der Waals surface area contributed by atoms with Crippen LogP contribution in [0.1, 0.15) is 33.1 Å². The Balaban J connectivity index is 1.91. The van der Waals surface area contributed by atoms with E-state index < -0.39 is 0 Å². The van der Waals surface area contributed by atoms with E-state index >= 15 is 0 Å². The van der Waals surface area contributed by atoms with E-state index in [2.05, 4.69) is 19.6 Å². The number of allylic oxidation sites excluding steroid dienone is 2. The largest absolute Gasteiger partial charge is 0.461 e. The second-order valence-corrected chi connectivity index (χ2v) is 5.92. The van der Waals surface area contributed by atoms with Gasteiger partial charge in [0.1, 0.15) is 6.10 Å². The molecule has 2 aliphatic carbocycles. The fraction of sp³-hybridized carbons (Fsp3) is 0.667. The molecule has 0 aromatic carbocycles. The molecule has 2 heteroatoms. The van der Waals surface area contributed by atoms with Crippen molar-refractivity contribution in [2.24, 2.45) is 23.7 Å². The van der Waals surface area contributed by atoms with Gasteiger partial charge in [0.25, 0.3) is 0 Å². The standard InChI is InChI=1S/C15H20O2/c1-8-4-5-11-9(2)6-14-13(7-12(8)11)10(3)15(16)17-14/h4,10-14H,2,5-7H2,1,3H3. The number of esters is 1. The van der Waals surface area contributed by atoms with Crippen LogP contribution in [-0.4, -0.2) is 12.1 Å². The van der Waals surface area contributed by atoms with Crippen LogP contribution in [0.25, 0.3) is 0 Å². The molecule has 0 amide bonds. The maximum atomic E-state index is 11.7. The number of hydrogen-bond acceptors (Lipinski definition) is 2. The van der Waals surface area contributed by atoms with Gasteiger partial charge in [-0.15, -0.1) is 0 Å². The minimum atomic E-state index is -0.00844. The number of rotatable bonds is 0. The highest BCUT2D eigenvalue weighted by Crippen LogP contribution is 2.49. The summed E-state index contributed by atoms with van der Waals surface area (Å²) < 4.78 is 5.51. The summed E-state index contributed by atoms with van der Waals surface area (Å²) in [4.78, 5) is 11.7. The van der Waals surface area contributed by atoms with Gasteiger partial charge in [0.2, 0.25) is 0 Å². The summed E-state index contributed by atoms with van der Waals surface area (Å²) in [6.45, 7) is 8.48. The topological polar surface area (TPSA) is 26.3 Å². The molecule has 3 aliphatic rings. The number of carbonyl (C=O) groups excluding carboxylic acids is 1. The van der Waals surface area contributed by atoms with Crippen molar-refractivity contribution in [1.29, 1.82) is 0 Å². The van der Waals surface area contributed by atoms with Crippen molar-refractivity contribution in [3.63, 3.8) is 0 Å². The average molecular weight is 232 g/mol. The summed E-state index contributed by atoms with van der Waals surface area (Å²) in [6.07, 6.45) is 5.57. The Morgan fingerprint density at radius 3 is 2.94 bits per heavy atom. The molecule has 0 bridgehead atoms. The fourth-order valence-electron chi connectivity index (χ4n) is 3.84. The van der Waals surface area contributed by atoms with Gasteiger partial charge in [-0.25, -0.2) is 0 Å². The van der Waals surface area contributed by atoms with Gasteiger partial charge in [0.05, 0.1) is 5.92 Å². The lowest BCUT2D eigenvalue weighted by molar-refractivity contribution is -0.143. The van der Waals surface area contributed by atoms with Gasteiger partial charge in [-0.2, -0.15) is 0 Å². The first kappa shape index (κ1) is 11.1. The maximum absolute atomic E-state index is 11.7. The molecule has 92 valence electrons. The molecule has 0 spiro atoms. The summed E-state index contributed by atoms with van der Waals surface area (Å²) in [5.41, 5.74) is 2.78. The number of carbonyl (C=O) groups is 1. The van der Waals surface area contributed by atoms with Crippen molar-refractivity contribution in [2.45, 2.75) is 39.2 Å². The SMILES string of the molecule is C=C1CC2OC(=O)C(C)C2CC2C(C)=CCC12. The molecule has 2 fully saturated rings. The summed E-state index contributed by atoms with van der Waals surface area (Å²) in [7, 11) is 0. The van der Waals surface area contributed by atoms with Crippen molar-refractivity contribution in [3.05, 3.63) is 23.8 Å². The molecule has 1 heterocycles. The molecular formula is C15H20O2. The molecule has 2 nitrogen and oxygen atoms in total. The second kappa shape index (κ2) is 3.72. The molecular weight excluding hydrogens is 212 g/mol. The fourth-order valence-corrected chi connectivity index (χ4v) is 3.84. The lowest BCUT2D eigenvalue weighted by Gasteiger charge is -2.22. The van der Waals surface area contributed by atoms with Gasteiger partial charge in [0, 0.05) is 12.3 Å². The number of ether oxygens (including phenoxy) is 1. The van der Waals surface area contributed by atoms with Crippen LogP contribution in [0.5, 0.6) is 0 Å². The Morgan fingerprint density at radius 2 is 2.18 bits per heavy atom. The van der Waals surface area contributed by atoms with Crippen LogP contribution in [0.3, 0.4) is 0 Å². The third-order valence-corrected chi connectivity index (χ3v) is 5.04. The van der Waals surface area contributed by atoms with Crippen molar-refractivity contribution in [3.8, 4) is 0 Å². The normalized spacial score (nSPS) is 44.8. The Kier molecular flexibility index (Phi) is 2.42. The van der Waals surface area contributed by atoms with Gasteiger partial charge < -0.3 is 4.74 Å². The minimum absolute atomic E-state index is 0.00844. The van der Waals surface area contributed by atoms with Gasteiger partial charge in [-0.05, 0) is 31.6 Å².